The van der Waals surface area contributed by atoms with Gasteiger partial charge in [-0.3, -0.25) is 9.69 Å². The number of urea groups is 1. The Morgan fingerprint density at radius 3 is 2.33 bits per heavy atom. The summed E-state index contributed by atoms with van der Waals surface area (Å²) >= 11 is 12.6. The number of amides is 3. The van der Waals surface area contributed by atoms with Crippen molar-refractivity contribution in [2.75, 3.05) is 13.2 Å². The van der Waals surface area contributed by atoms with E-state index in [1.165, 1.54) is 4.90 Å². The molecule has 36 heavy (non-hydrogen) atoms. The minimum atomic E-state index is -1.20. The number of fused-ring (bicyclic) bond motifs is 1. The van der Waals surface area contributed by atoms with E-state index in [0.29, 0.717) is 29.3 Å². The molecule has 2 aromatic carbocycles. The third-order valence-corrected chi connectivity index (χ3v) is 7.74. The van der Waals surface area contributed by atoms with E-state index in [2.05, 4.69) is 26.8 Å². The lowest BCUT2D eigenvalue weighted by molar-refractivity contribution is -0.128. The van der Waals surface area contributed by atoms with Gasteiger partial charge in [0, 0.05) is 29.1 Å². The summed E-state index contributed by atoms with van der Waals surface area (Å²) in [5.41, 5.74) is 0.0234. The van der Waals surface area contributed by atoms with Crippen molar-refractivity contribution in [1.29, 1.82) is 5.26 Å². The number of hydrogen-bond acceptors (Lipinski definition) is 4. The third kappa shape index (κ3) is 4.49. The number of rotatable bonds is 7. The number of halogens is 2. The summed E-state index contributed by atoms with van der Waals surface area (Å²) in [4.78, 5) is 30.7. The highest BCUT2D eigenvalue weighted by Gasteiger charge is 2.68. The first-order valence-electron chi connectivity index (χ1n) is 12.2. The maximum Gasteiger partial charge on any atom is 0.327 e. The number of nitrogens with zero attached hydrogens (tertiary/aromatic N) is 3. The van der Waals surface area contributed by atoms with Crippen LogP contribution in [0, 0.1) is 16.7 Å². The molecule has 0 saturated carbocycles. The van der Waals surface area contributed by atoms with Crippen molar-refractivity contribution in [3.63, 3.8) is 0 Å². The lowest BCUT2D eigenvalue weighted by Crippen LogP contribution is -2.49. The Morgan fingerprint density at radius 1 is 1.06 bits per heavy atom. The molecule has 2 aliphatic heterocycles. The molecular formula is C28H31Cl2N3O3. The Morgan fingerprint density at radius 2 is 1.75 bits per heavy atom. The van der Waals surface area contributed by atoms with Crippen molar-refractivity contribution < 1.29 is 14.7 Å². The first-order valence-corrected chi connectivity index (χ1v) is 13.0. The topological polar surface area (TPSA) is 84.6 Å². The zero-order valence-corrected chi connectivity index (χ0v) is 22.3. The predicted octanol–water partition coefficient (Wildman–Crippen LogP) is 5.76. The molecule has 3 amide bonds. The van der Waals surface area contributed by atoms with E-state index in [-0.39, 0.29) is 30.5 Å². The average Bonchev–Trinajstić information content (AvgIpc) is 3.23. The quantitative estimate of drug-likeness (QED) is 0.366. The Kier molecular flexibility index (Phi) is 7.39. The minimum Gasteiger partial charge on any atom is -0.396 e. The molecule has 4 atom stereocenters. The number of nitriles is 1. The smallest absolute Gasteiger partial charge is 0.327 e. The maximum atomic E-state index is 13.9. The van der Waals surface area contributed by atoms with Crippen molar-refractivity contribution in [2.45, 2.75) is 63.5 Å². The second-order valence-corrected chi connectivity index (χ2v) is 11.7. The second-order valence-electron chi connectivity index (χ2n) is 10.9. The van der Waals surface area contributed by atoms with Gasteiger partial charge in [0.2, 0.25) is 0 Å². The zero-order chi connectivity index (χ0) is 26.3. The van der Waals surface area contributed by atoms with Gasteiger partial charge in [-0.15, -0.1) is 0 Å². The van der Waals surface area contributed by atoms with Crippen molar-refractivity contribution in [3.05, 3.63) is 69.7 Å². The molecule has 2 aliphatic rings. The molecule has 2 saturated heterocycles. The summed E-state index contributed by atoms with van der Waals surface area (Å²) in [5, 5.41) is 21.2. The van der Waals surface area contributed by atoms with Gasteiger partial charge in [0.15, 0.2) is 0 Å². The molecule has 0 spiro atoms. The lowest BCUT2D eigenvalue weighted by atomic mass is 9.62. The standard InChI is InChI=1S/C28H31Cl2N3O3/c1-27(2,3)16-22-28(17-31,19-9-11-20(29)12-10-19)23(18-7-6-8-21(30)15-18)24-25(35)32(13-4-5-14-34)26(36)33(22)24/h6-12,15,22-24,34H,4-5,13-14,16H2,1-3H3. The second kappa shape index (κ2) is 10.0. The fourth-order valence-electron chi connectivity index (χ4n) is 5.82. The monoisotopic (exact) mass is 527 g/mol. The number of benzene rings is 2. The molecule has 0 aromatic heterocycles. The number of aliphatic hydroxyl groups is 1. The molecule has 1 N–H and O–H groups in total. The lowest BCUT2D eigenvalue weighted by Gasteiger charge is -2.39. The largest absolute Gasteiger partial charge is 0.396 e. The third-order valence-electron chi connectivity index (χ3n) is 7.25. The van der Waals surface area contributed by atoms with Crippen molar-refractivity contribution >= 4 is 35.1 Å². The van der Waals surface area contributed by atoms with Crippen LogP contribution in [-0.2, 0) is 10.2 Å². The molecule has 0 aliphatic carbocycles. The molecule has 2 aromatic rings. The fraction of sp³-hybridized carbons (Fsp3) is 0.464. The van der Waals surface area contributed by atoms with Gasteiger partial charge in [-0.05, 0) is 60.1 Å². The van der Waals surface area contributed by atoms with Crippen LogP contribution in [0.3, 0.4) is 0 Å². The van der Waals surface area contributed by atoms with E-state index in [4.69, 9.17) is 23.2 Å². The number of carbonyl (C=O) groups is 2. The van der Waals surface area contributed by atoms with Crippen LogP contribution in [0.4, 0.5) is 4.79 Å². The summed E-state index contributed by atoms with van der Waals surface area (Å²) in [5.74, 6) is -0.943. The fourth-order valence-corrected chi connectivity index (χ4v) is 6.14. The van der Waals surface area contributed by atoms with Crippen LogP contribution < -0.4 is 0 Å². The molecule has 2 fully saturated rings. The van der Waals surface area contributed by atoms with Gasteiger partial charge in [-0.1, -0.05) is 68.2 Å². The minimum absolute atomic E-state index is 0.00470. The Hall–Kier alpha value is -2.59. The number of imide groups is 1. The average molecular weight is 528 g/mol. The molecule has 8 heteroatoms. The summed E-state index contributed by atoms with van der Waals surface area (Å²) in [6.45, 7) is 6.44. The van der Waals surface area contributed by atoms with Gasteiger partial charge in [0.05, 0.1) is 12.1 Å². The summed E-state index contributed by atoms with van der Waals surface area (Å²) in [6.07, 6.45) is 1.53. The first-order chi connectivity index (χ1) is 17.0. The number of unbranched alkanes of at least 4 members (excludes halogenated alkanes) is 1. The van der Waals surface area contributed by atoms with E-state index in [0.717, 1.165) is 11.1 Å². The highest BCUT2D eigenvalue weighted by atomic mass is 35.5. The van der Waals surface area contributed by atoms with Gasteiger partial charge < -0.3 is 10.0 Å². The Labute approximate surface area is 222 Å². The Bertz CT molecular complexity index is 1190. The first kappa shape index (κ1) is 26.5. The summed E-state index contributed by atoms with van der Waals surface area (Å²) in [6, 6.07) is 15.2. The Balaban J connectivity index is 1.96. The maximum absolute atomic E-state index is 13.9. The highest BCUT2D eigenvalue weighted by Crippen LogP contribution is 2.57. The number of aliphatic hydroxyl groups excluding tert-OH is 1. The molecule has 190 valence electrons. The van der Waals surface area contributed by atoms with E-state index < -0.39 is 23.4 Å². The van der Waals surface area contributed by atoms with Gasteiger partial charge in [-0.25, -0.2) is 4.79 Å². The predicted molar refractivity (Wildman–Crippen MR) is 140 cm³/mol. The van der Waals surface area contributed by atoms with Crippen molar-refractivity contribution in [1.82, 2.24) is 9.80 Å². The van der Waals surface area contributed by atoms with Gasteiger partial charge >= 0.3 is 6.03 Å². The summed E-state index contributed by atoms with van der Waals surface area (Å²) in [7, 11) is 0. The van der Waals surface area contributed by atoms with E-state index in [1.54, 1.807) is 29.2 Å². The summed E-state index contributed by atoms with van der Waals surface area (Å²) < 4.78 is 0. The molecule has 0 bridgehead atoms. The SMILES string of the molecule is CC(C)(C)CC1N2C(=O)N(CCCCO)C(=O)C2C(c2cccc(Cl)c2)C1(C#N)c1ccc(Cl)cc1. The molecule has 2 heterocycles. The molecule has 6 nitrogen and oxygen atoms in total. The van der Waals surface area contributed by atoms with Crippen LogP contribution in [0.5, 0.6) is 0 Å². The molecule has 0 radical (unpaired) electrons. The molecule has 4 unspecified atom stereocenters. The van der Waals surface area contributed by atoms with Gasteiger partial charge in [0.1, 0.15) is 11.5 Å². The van der Waals surface area contributed by atoms with E-state index in [9.17, 15) is 20.0 Å². The van der Waals surface area contributed by atoms with Crippen LogP contribution in [0.15, 0.2) is 48.5 Å². The van der Waals surface area contributed by atoms with Crippen LogP contribution in [0.2, 0.25) is 10.0 Å². The molecular weight excluding hydrogens is 497 g/mol. The van der Waals surface area contributed by atoms with Gasteiger partial charge in [0.25, 0.3) is 5.91 Å². The van der Waals surface area contributed by atoms with Crippen molar-refractivity contribution in [3.8, 4) is 6.07 Å². The normalized spacial score (nSPS) is 25.9. The van der Waals surface area contributed by atoms with Crippen molar-refractivity contribution in [2.24, 2.45) is 5.41 Å². The van der Waals surface area contributed by atoms with E-state index in [1.807, 2.05) is 24.3 Å². The van der Waals surface area contributed by atoms with Crippen LogP contribution in [0.25, 0.3) is 0 Å². The zero-order valence-electron chi connectivity index (χ0n) is 20.7. The number of hydrogen-bond donors (Lipinski definition) is 1. The van der Waals surface area contributed by atoms with Crippen LogP contribution in [0.1, 0.15) is 57.1 Å². The highest BCUT2D eigenvalue weighted by molar-refractivity contribution is 6.30. The van der Waals surface area contributed by atoms with E-state index >= 15 is 0 Å². The van der Waals surface area contributed by atoms with Crippen LogP contribution in [-0.4, -0.2) is 52.1 Å². The van der Waals surface area contributed by atoms with Crippen LogP contribution >= 0.6 is 23.2 Å². The molecule has 4 rings (SSSR count). The number of carbonyl (C=O) groups excluding carboxylic acids is 2. The van der Waals surface area contributed by atoms with Gasteiger partial charge in [-0.2, -0.15) is 5.26 Å².